The minimum Gasteiger partial charge on any atom is -0.394 e. The molecule has 10 atom stereocenters. The number of amides is 2. The molecule has 168 valence electrons. The van der Waals surface area contributed by atoms with Crippen LogP contribution < -0.4 is 10.6 Å². The molecule has 29 heavy (non-hydrogen) atoms. The molecule has 2 saturated heterocycles. The number of hydrogen-bond donors (Lipinski definition) is 8. The van der Waals surface area contributed by atoms with Crippen LogP contribution in [0.5, 0.6) is 0 Å². The maximum Gasteiger partial charge on any atom is 0.217 e. The molecule has 13 nitrogen and oxygen atoms in total. The Balaban J connectivity index is 2.31. The maximum absolute atomic E-state index is 11.5. The van der Waals surface area contributed by atoms with Crippen LogP contribution in [0.4, 0.5) is 0 Å². The second-order valence-corrected chi connectivity index (χ2v) is 7.00. The van der Waals surface area contributed by atoms with E-state index in [0.717, 1.165) is 13.8 Å². The Labute approximate surface area is 166 Å². The fourth-order valence-electron chi connectivity index (χ4n) is 3.38. The summed E-state index contributed by atoms with van der Waals surface area (Å²) >= 11 is 0. The molecular formula is C16H28N2O11. The largest absolute Gasteiger partial charge is 0.394 e. The fraction of sp³-hybridized carbons (Fsp3) is 0.875. The molecule has 2 heterocycles. The number of nitrogens with one attached hydrogen (secondary N) is 2. The highest BCUT2D eigenvalue weighted by Crippen LogP contribution is 2.28. The minimum atomic E-state index is -1.66. The topological polar surface area (TPSA) is 207 Å². The Morgan fingerprint density at radius 3 is 1.86 bits per heavy atom. The van der Waals surface area contributed by atoms with Crippen molar-refractivity contribution in [2.24, 2.45) is 0 Å². The third-order valence-corrected chi connectivity index (χ3v) is 4.78. The van der Waals surface area contributed by atoms with Gasteiger partial charge in [0.05, 0.1) is 13.2 Å². The average molecular weight is 424 g/mol. The van der Waals surface area contributed by atoms with Crippen molar-refractivity contribution in [2.45, 2.75) is 75.1 Å². The van der Waals surface area contributed by atoms with Gasteiger partial charge in [-0.3, -0.25) is 9.59 Å². The summed E-state index contributed by atoms with van der Waals surface area (Å²) in [5.41, 5.74) is 0. The first kappa shape index (κ1) is 23.9. The lowest BCUT2D eigenvalue weighted by atomic mass is 9.94. The number of aliphatic hydroxyl groups is 6. The molecule has 0 aliphatic carbocycles. The number of hydrogen-bond acceptors (Lipinski definition) is 11. The Hall–Kier alpha value is -1.42. The molecular weight excluding hydrogens is 396 g/mol. The quantitative estimate of drug-likeness (QED) is 0.202. The molecule has 0 bridgehead atoms. The highest BCUT2D eigenvalue weighted by atomic mass is 16.7. The van der Waals surface area contributed by atoms with E-state index in [1.165, 1.54) is 0 Å². The van der Waals surface area contributed by atoms with E-state index in [9.17, 15) is 40.2 Å². The monoisotopic (exact) mass is 424 g/mol. The summed E-state index contributed by atoms with van der Waals surface area (Å²) in [5, 5.41) is 64.5. The Morgan fingerprint density at radius 1 is 0.828 bits per heavy atom. The van der Waals surface area contributed by atoms with Crippen LogP contribution in [0.2, 0.25) is 0 Å². The van der Waals surface area contributed by atoms with Crippen LogP contribution in [0.25, 0.3) is 0 Å². The number of aliphatic hydroxyl groups excluding tert-OH is 6. The molecule has 2 aliphatic heterocycles. The van der Waals surface area contributed by atoms with E-state index in [4.69, 9.17) is 14.2 Å². The Kier molecular flexibility index (Phi) is 8.28. The van der Waals surface area contributed by atoms with Crippen molar-refractivity contribution in [1.82, 2.24) is 10.6 Å². The van der Waals surface area contributed by atoms with Crippen molar-refractivity contribution in [3.8, 4) is 0 Å². The van der Waals surface area contributed by atoms with Crippen LogP contribution in [0.15, 0.2) is 0 Å². The van der Waals surface area contributed by atoms with Gasteiger partial charge in [0.25, 0.3) is 0 Å². The molecule has 2 aliphatic rings. The number of carbonyl (C=O) groups is 2. The summed E-state index contributed by atoms with van der Waals surface area (Å²) in [6.07, 6.45) is -11.8. The second-order valence-electron chi connectivity index (χ2n) is 7.00. The first-order valence-corrected chi connectivity index (χ1v) is 9.05. The van der Waals surface area contributed by atoms with Gasteiger partial charge in [-0.05, 0) is 0 Å². The van der Waals surface area contributed by atoms with Gasteiger partial charge in [0.15, 0.2) is 12.6 Å². The maximum atomic E-state index is 11.5. The average Bonchev–Trinajstić information content (AvgIpc) is 2.65. The zero-order valence-electron chi connectivity index (χ0n) is 15.9. The molecule has 0 aromatic carbocycles. The Morgan fingerprint density at radius 2 is 1.34 bits per heavy atom. The first-order valence-electron chi connectivity index (χ1n) is 9.05. The van der Waals surface area contributed by atoms with Gasteiger partial charge in [-0.1, -0.05) is 0 Å². The van der Waals surface area contributed by atoms with E-state index in [0.29, 0.717) is 0 Å². The molecule has 8 N–H and O–H groups in total. The van der Waals surface area contributed by atoms with Crippen LogP contribution in [0.3, 0.4) is 0 Å². The smallest absolute Gasteiger partial charge is 0.217 e. The third-order valence-electron chi connectivity index (χ3n) is 4.78. The molecule has 1 unspecified atom stereocenters. The predicted molar refractivity (Wildman–Crippen MR) is 91.8 cm³/mol. The van der Waals surface area contributed by atoms with Crippen molar-refractivity contribution in [2.75, 3.05) is 13.2 Å². The zero-order valence-corrected chi connectivity index (χ0v) is 15.9. The molecule has 13 heteroatoms. The summed E-state index contributed by atoms with van der Waals surface area (Å²) in [7, 11) is 0. The number of rotatable bonds is 6. The van der Waals surface area contributed by atoms with Gasteiger partial charge < -0.3 is 55.5 Å². The Bertz CT molecular complexity index is 579. The first-order chi connectivity index (χ1) is 13.6. The predicted octanol–water partition coefficient (Wildman–Crippen LogP) is -5.11. The van der Waals surface area contributed by atoms with Crippen LogP contribution in [-0.2, 0) is 23.8 Å². The summed E-state index contributed by atoms with van der Waals surface area (Å²) in [6.45, 7) is 0.959. The normalized spacial score (nSPS) is 42.9. The van der Waals surface area contributed by atoms with Gasteiger partial charge in [0.1, 0.15) is 48.7 Å². The van der Waals surface area contributed by atoms with Crippen molar-refractivity contribution in [1.29, 1.82) is 0 Å². The highest BCUT2D eigenvalue weighted by Gasteiger charge is 2.51. The lowest BCUT2D eigenvalue weighted by Gasteiger charge is -2.47. The molecule has 0 saturated carbocycles. The molecule has 0 aromatic rings. The van der Waals surface area contributed by atoms with E-state index < -0.39 is 86.3 Å². The molecule has 2 fully saturated rings. The van der Waals surface area contributed by atoms with E-state index >= 15 is 0 Å². The van der Waals surface area contributed by atoms with Crippen LogP contribution in [-0.4, -0.2) is 117 Å². The summed E-state index contributed by atoms with van der Waals surface area (Å²) < 4.78 is 16.2. The van der Waals surface area contributed by atoms with Crippen molar-refractivity contribution in [3.05, 3.63) is 0 Å². The lowest BCUT2D eigenvalue weighted by molar-refractivity contribution is -0.323. The van der Waals surface area contributed by atoms with Gasteiger partial charge in [0.2, 0.25) is 11.8 Å². The van der Waals surface area contributed by atoms with E-state index in [-0.39, 0.29) is 0 Å². The summed E-state index contributed by atoms with van der Waals surface area (Å²) in [4.78, 5) is 23.0. The number of ether oxygens (including phenoxy) is 3. The molecule has 0 spiro atoms. The van der Waals surface area contributed by atoms with Crippen LogP contribution in [0.1, 0.15) is 13.8 Å². The van der Waals surface area contributed by atoms with Gasteiger partial charge in [-0.25, -0.2) is 0 Å². The lowest BCUT2D eigenvalue weighted by Crippen LogP contribution is -2.69. The minimum absolute atomic E-state index is 0.576. The van der Waals surface area contributed by atoms with E-state index in [1.54, 1.807) is 0 Å². The van der Waals surface area contributed by atoms with Gasteiger partial charge in [0, 0.05) is 13.8 Å². The highest BCUT2D eigenvalue weighted by molar-refractivity contribution is 5.73. The zero-order chi connectivity index (χ0) is 21.9. The van der Waals surface area contributed by atoms with Gasteiger partial charge in [-0.2, -0.15) is 0 Å². The van der Waals surface area contributed by atoms with E-state index in [1.807, 2.05) is 0 Å². The van der Waals surface area contributed by atoms with Crippen LogP contribution >= 0.6 is 0 Å². The van der Waals surface area contributed by atoms with Crippen molar-refractivity contribution in [3.63, 3.8) is 0 Å². The molecule has 2 rings (SSSR count). The molecule has 0 radical (unpaired) electrons. The van der Waals surface area contributed by atoms with Gasteiger partial charge >= 0.3 is 0 Å². The fourth-order valence-corrected chi connectivity index (χ4v) is 3.38. The van der Waals surface area contributed by atoms with Crippen LogP contribution in [0, 0.1) is 0 Å². The third kappa shape index (κ3) is 5.39. The van der Waals surface area contributed by atoms with Gasteiger partial charge in [-0.15, -0.1) is 0 Å². The van der Waals surface area contributed by atoms with E-state index in [2.05, 4.69) is 10.6 Å². The summed E-state index contributed by atoms with van der Waals surface area (Å²) in [5.74, 6) is -1.16. The summed E-state index contributed by atoms with van der Waals surface area (Å²) in [6, 6.07) is -2.59. The van der Waals surface area contributed by atoms with Crippen molar-refractivity contribution >= 4 is 11.8 Å². The van der Waals surface area contributed by atoms with Crippen molar-refractivity contribution < 1.29 is 54.4 Å². The number of carbonyl (C=O) groups excluding carboxylic acids is 2. The SMILES string of the molecule is CC(=O)N[C@H]1[C@H](O[C@H]2[C@H](O)[C@@H](CO)OC(O)[C@@H]2NC(C)=O)O[C@H](CO)[C@@H](O)[C@@H]1O. The molecule has 2 amide bonds. The second kappa shape index (κ2) is 10.1. The molecule has 0 aromatic heterocycles. The standard InChI is InChI=1S/C16H28N2O11/c1-5(21)17-9-13(25)11(23)7(3-19)28-16(9)29-14-10(18-6(2)22)15(26)27-8(4-20)12(14)24/h7-16,19-20,23-26H,3-4H2,1-2H3,(H,17,21)(H,18,22)/t7-,8-,9-,10-,11-,12-,13-,14-,15?,16+/m1/s1.